The molecule has 3 aliphatic heterocycles. The van der Waals surface area contributed by atoms with E-state index in [4.69, 9.17) is 0 Å². The Balaban J connectivity index is 1.26. The summed E-state index contributed by atoms with van der Waals surface area (Å²) >= 11 is 0. The van der Waals surface area contributed by atoms with Gasteiger partial charge in [-0.2, -0.15) is 0 Å². The maximum atomic E-state index is 13.9. The monoisotopic (exact) mass is 545 g/mol. The average Bonchev–Trinajstić information content (AvgIpc) is 3.15. The molecule has 3 heterocycles. The lowest BCUT2D eigenvalue weighted by Gasteiger charge is -2.40. The Morgan fingerprint density at radius 1 is 0.950 bits per heavy atom. The van der Waals surface area contributed by atoms with Crippen molar-refractivity contribution in [2.45, 2.75) is 76.4 Å². The number of urea groups is 1. The number of anilines is 1. The van der Waals surface area contributed by atoms with Gasteiger partial charge in [-0.05, 0) is 70.6 Å². The molecule has 40 heavy (non-hydrogen) atoms. The minimum atomic E-state index is -0.602. The minimum Gasteiger partial charge on any atom is -0.341 e. The molecule has 1 atom stereocenters. The van der Waals surface area contributed by atoms with Crippen molar-refractivity contribution in [3.8, 4) is 0 Å². The summed E-state index contributed by atoms with van der Waals surface area (Å²) in [5.74, 6) is 0.0935. The highest BCUT2D eigenvalue weighted by Crippen LogP contribution is 2.43. The SMILES string of the molecule is CC1(C)CN(C(=O)N[C@@H](CCc2ccccc2)C(=O)N2CCC(N3C(=O)C(C)(C)c4ccccc43)CC2)CCN1. The molecule has 0 aliphatic carbocycles. The van der Waals surface area contributed by atoms with E-state index >= 15 is 0 Å². The summed E-state index contributed by atoms with van der Waals surface area (Å²) in [6.07, 6.45) is 2.67. The van der Waals surface area contributed by atoms with E-state index in [0.29, 0.717) is 51.9 Å². The second-order valence-electron chi connectivity index (χ2n) is 12.6. The van der Waals surface area contributed by atoms with Crippen molar-refractivity contribution in [1.82, 2.24) is 20.4 Å². The Morgan fingerprint density at radius 3 is 2.33 bits per heavy atom. The number of hydrogen-bond donors (Lipinski definition) is 2. The van der Waals surface area contributed by atoms with Gasteiger partial charge in [0.15, 0.2) is 0 Å². The highest BCUT2D eigenvalue weighted by molar-refractivity contribution is 6.08. The van der Waals surface area contributed by atoms with E-state index in [9.17, 15) is 14.4 Å². The summed E-state index contributed by atoms with van der Waals surface area (Å²) in [6.45, 7) is 11.2. The number of carbonyl (C=O) groups is 3. The van der Waals surface area contributed by atoms with E-state index in [2.05, 4.69) is 36.6 Å². The molecule has 2 fully saturated rings. The molecule has 5 rings (SSSR count). The Bertz CT molecular complexity index is 1240. The number of nitrogens with one attached hydrogen (secondary N) is 2. The number of aryl methyl sites for hydroxylation is 1. The van der Waals surface area contributed by atoms with E-state index < -0.39 is 11.5 Å². The number of amides is 4. The highest BCUT2D eigenvalue weighted by atomic mass is 16.2. The Hall–Kier alpha value is -3.39. The second-order valence-corrected chi connectivity index (χ2v) is 12.6. The number of carbonyl (C=O) groups excluding carboxylic acids is 3. The van der Waals surface area contributed by atoms with Gasteiger partial charge in [0, 0.05) is 50.0 Å². The van der Waals surface area contributed by atoms with Crippen molar-refractivity contribution in [2.75, 3.05) is 37.6 Å². The normalized spacial score (nSPS) is 21.2. The molecule has 2 saturated heterocycles. The number of likely N-dealkylation sites (tertiary alicyclic amines) is 1. The van der Waals surface area contributed by atoms with Gasteiger partial charge in [0.2, 0.25) is 11.8 Å². The van der Waals surface area contributed by atoms with Crippen molar-refractivity contribution in [1.29, 1.82) is 0 Å². The molecule has 8 heteroatoms. The first kappa shape index (κ1) is 28.1. The van der Waals surface area contributed by atoms with E-state index in [0.717, 1.165) is 23.4 Å². The van der Waals surface area contributed by atoms with Gasteiger partial charge in [-0.3, -0.25) is 9.59 Å². The average molecular weight is 546 g/mol. The van der Waals surface area contributed by atoms with E-state index in [1.165, 1.54) is 0 Å². The third-order valence-corrected chi connectivity index (χ3v) is 8.75. The van der Waals surface area contributed by atoms with Gasteiger partial charge in [0.05, 0.1) is 5.41 Å². The van der Waals surface area contributed by atoms with Crippen LogP contribution in [0.5, 0.6) is 0 Å². The largest absolute Gasteiger partial charge is 0.341 e. The third kappa shape index (κ3) is 5.73. The topological polar surface area (TPSA) is 85.0 Å². The van der Waals surface area contributed by atoms with Crippen LogP contribution in [-0.2, 0) is 21.4 Å². The number of nitrogens with zero attached hydrogens (tertiary/aromatic N) is 3. The highest BCUT2D eigenvalue weighted by Gasteiger charge is 2.47. The molecule has 0 spiro atoms. The molecule has 0 radical (unpaired) electrons. The Kier molecular flexibility index (Phi) is 7.91. The van der Waals surface area contributed by atoms with Crippen molar-refractivity contribution in [3.63, 3.8) is 0 Å². The summed E-state index contributed by atoms with van der Waals surface area (Å²) in [6, 6.07) is 17.4. The fourth-order valence-electron chi connectivity index (χ4n) is 6.43. The fourth-order valence-corrected chi connectivity index (χ4v) is 6.43. The van der Waals surface area contributed by atoms with Crippen molar-refractivity contribution < 1.29 is 14.4 Å². The first-order chi connectivity index (χ1) is 19.1. The van der Waals surface area contributed by atoms with E-state index in [1.54, 1.807) is 0 Å². The summed E-state index contributed by atoms with van der Waals surface area (Å²) in [5, 5.41) is 6.53. The van der Waals surface area contributed by atoms with Gasteiger partial charge >= 0.3 is 6.03 Å². The number of rotatable bonds is 6. The molecule has 2 N–H and O–H groups in total. The van der Waals surface area contributed by atoms with Crippen LogP contribution in [0.25, 0.3) is 0 Å². The van der Waals surface area contributed by atoms with Gasteiger partial charge in [0.25, 0.3) is 0 Å². The van der Waals surface area contributed by atoms with Crippen LogP contribution >= 0.6 is 0 Å². The molecule has 0 saturated carbocycles. The van der Waals surface area contributed by atoms with E-state index in [-0.39, 0.29) is 29.4 Å². The maximum absolute atomic E-state index is 13.9. The first-order valence-corrected chi connectivity index (χ1v) is 14.6. The molecular formula is C32H43N5O3. The summed E-state index contributed by atoms with van der Waals surface area (Å²) in [5.41, 5.74) is 2.49. The zero-order valence-electron chi connectivity index (χ0n) is 24.3. The quantitative estimate of drug-likeness (QED) is 0.580. The molecule has 0 unspecified atom stereocenters. The predicted molar refractivity (Wildman–Crippen MR) is 157 cm³/mol. The zero-order valence-corrected chi connectivity index (χ0v) is 24.3. The van der Waals surface area contributed by atoms with Crippen LogP contribution in [0.1, 0.15) is 58.1 Å². The zero-order chi connectivity index (χ0) is 28.5. The van der Waals surface area contributed by atoms with Crippen LogP contribution in [-0.4, -0.2) is 78.0 Å². The van der Waals surface area contributed by atoms with Crippen molar-refractivity contribution in [3.05, 3.63) is 65.7 Å². The number of hydrogen-bond acceptors (Lipinski definition) is 4. The smallest absolute Gasteiger partial charge is 0.318 e. The van der Waals surface area contributed by atoms with Crippen LogP contribution in [0.4, 0.5) is 10.5 Å². The van der Waals surface area contributed by atoms with Crippen LogP contribution in [0, 0.1) is 0 Å². The van der Waals surface area contributed by atoms with Gasteiger partial charge in [-0.1, -0.05) is 48.5 Å². The van der Waals surface area contributed by atoms with Gasteiger partial charge in [-0.25, -0.2) is 4.79 Å². The fraction of sp³-hybridized carbons (Fsp3) is 0.531. The lowest BCUT2D eigenvalue weighted by atomic mass is 9.86. The maximum Gasteiger partial charge on any atom is 0.318 e. The molecule has 0 aromatic heterocycles. The summed E-state index contributed by atoms with van der Waals surface area (Å²) in [4.78, 5) is 46.3. The van der Waals surface area contributed by atoms with Crippen molar-refractivity contribution in [2.24, 2.45) is 0 Å². The summed E-state index contributed by atoms with van der Waals surface area (Å²) < 4.78 is 0. The van der Waals surface area contributed by atoms with Crippen LogP contribution in [0.3, 0.4) is 0 Å². The lowest BCUT2D eigenvalue weighted by molar-refractivity contribution is -0.134. The molecule has 2 aromatic carbocycles. The molecule has 0 bridgehead atoms. The Morgan fingerprint density at radius 2 is 1.62 bits per heavy atom. The second kappa shape index (κ2) is 11.2. The lowest BCUT2D eigenvalue weighted by Crippen LogP contribution is -2.62. The number of piperidine rings is 1. The molecule has 4 amide bonds. The van der Waals surface area contributed by atoms with Gasteiger partial charge in [-0.15, -0.1) is 0 Å². The van der Waals surface area contributed by atoms with Crippen LogP contribution in [0.2, 0.25) is 0 Å². The predicted octanol–water partition coefficient (Wildman–Crippen LogP) is 3.70. The molecule has 8 nitrogen and oxygen atoms in total. The molecular weight excluding hydrogens is 502 g/mol. The minimum absolute atomic E-state index is 0.0365. The Labute approximate surface area is 238 Å². The number of piperazine rings is 1. The number of fused-ring (bicyclic) bond motifs is 1. The first-order valence-electron chi connectivity index (χ1n) is 14.6. The van der Waals surface area contributed by atoms with E-state index in [1.807, 2.05) is 71.0 Å². The molecule has 3 aliphatic rings. The number of para-hydroxylation sites is 1. The van der Waals surface area contributed by atoms with Gasteiger partial charge < -0.3 is 25.3 Å². The standard InChI is InChI=1S/C32H43N5O3/c1-31(2)22-36(21-18-33-31)30(40)34-26(15-14-23-10-6-5-7-11-23)28(38)35-19-16-24(17-20-35)37-27-13-9-8-12-25(27)32(3,4)29(37)39/h5-13,24,26,33H,14-22H2,1-4H3,(H,34,40)/t26-/m0/s1. The van der Waals surface area contributed by atoms with Crippen LogP contribution < -0.4 is 15.5 Å². The molecule has 214 valence electrons. The van der Waals surface area contributed by atoms with Crippen molar-refractivity contribution >= 4 is 23.5 Å². The van der Waals surface area contributed by atoms with Gasteiger partial charge in [0.1, 0.15) is 6.04 Å². The third-order valence-electron chi connectivity index (χ3n) is 8.75. The number of benzene rings is 2. The van der Waals surface area contributed by atoms with Crippen LogP contribution in [0.15, 0.2) is 54.6 Å². The molecule has 2 aromatic rings. The summed E-state index contributed by atoms with van der Waals surface area (Å²) in [7, 11) is 0.